The molecule has 0 aromatic heterocycles. The van der Waals surface area contributed by atoms with Crippen molar-refractivity contribution in [2.75, 3.05) is 13.7 Å². The van der Waals surface area contributed by atoms with Crippen LogP contribution in [0.25, 0.3) is 0 Å². The lowest BCUT2D eigenvalue weighted by atomic mass is 9.53. The molecule has 3 aliphatic rings. The van der Waals surface area contributed by atoms with E-state index in [2.05, 4.69) is 13.0 Å². The molecule has 2 N–H and O–H groups in total. The maximum absolute atomic E-state index is 10.6. The van der Waals surface area contributed by atoms with Crippen molar-refractivity contribution in [2.45, 2.75) is 63.4 Å². The van der Waals surface area contributed by atoms with Crippen LogP contribution in [0.3, 0.4) is 0 Å². The van der Waals surface area contributed by atoms with E-state index < -0.39 is 0 Å². The number of rotatable bonds is 3. The lowest BCUT2D eigenvalue weighted by Gasteiger charge is -2.51. The molecule has 1 aromatic carbocycles. The van der Waals surface area contributed by atoms with E-state index in [-0.39, 0.29) is 11.5 Å². The van der Waals surface area contributed by atoms with Gasteiger partial charge in [-0.3, -0.25) is 0 Å². The minimum Gasteiger partial charge on any atom is -0.508 e. The second-order valence-corrected chi connectivity index (χ2v) is 8.54. The minimum absolute atomic E-state index is 0.112. The number of phenols is 1. The van der Waals surface area contributed by atoms with Gasteiger partial charge in [0.25, 0.3) is 0 Å². The molecule has 0 heterocycles. The Kier molecular flexibility index (Phi) is 4.12. The number of aliphatic hydroxyl groups is 1. The van der Waals surface area contributed by atoms with E-state index in [1.54, 1.807) is 7.11 Å². The third kappa shape index (κ3) is 2.40. The van der Waals surface area contributed by atoms with Gasteiger partial charge in [-0.05, 0) is 90.9 Å². The third-order valence-corrected chi connectivity index (χ3v) is 7.52. The van der Waals surface area contributed by atoms with Gasteiger partial charge in [-0.1, -0.05) is 13.0 Å². The van der Waals surface area contributed by atoms with Crippen LogP contribution in [0.2, 0.25) is 0 Å². The zero-order valence-electron chi connectivity index (χ0n) is 14.9. The Labute approximate surface area is 145 Å². The van der Waals surface area contributed by atoms with E-state index in [1.165, 1.54) is 30.4 Å². The normalized spacial score (nSPS) is 40.7. The lowest BCUT2D eigenvalue weighted by Crippen LogP contribution is -2.44. The summed E-state index contributed by atoms with van der Waals surface area (Å²) in [6, 6.07) is 6.00. The highest BCUT2D eigenvalue weighted by Crippen LogP contribution is 2.62. The monoisotopic (exact) mass is 330 g/mol. The summed E-state index contributed by atoms with van der Waals surface area (Å²) in [5, 5.41) is 20.5. The lowest BCUT2D eigenvalue weighted by molar-refractivity contribution is -0.0257. The van der Waals surface area contributed by atoms with Crippen molar-refractivity contribution in [3.05, 3.63) is 29.3 Å². The van der Waals surface area contributed by atoms with Gasteiger partial charge in [0.05, 0.1) is 6.10 Å². The van der Waals surface area contributed by atoms with Crippen LogP contribution >= 0.6 is 0 Å². The predicted molar refractivity (Wildman–Crippen MR) is 94.3 cm³/mol. The molecule has 3 heteroatoms. The Morgan fingerprint density at radius 1 is 1.21 bits per heavy atom. The molecule has 6 atom stereocenters. The van der Waals surface area contributed by atoms with Crippen LogP contribution in [0.1, 0.15) is 68.4 Å². The summed E-state index contributed by atoms with van der Waals surface area (Å²) < 4.78 is 5.35. The molecule has 2 saturated carbocycles. The first kappa shape index (κ1) is 16.4. The van der Waals surface area contributed by atoms with Crippen LogP contribution in [-0.2, 0) is 4.74 Å². The van der Waals surface area contributed by atoms with Gasteiger partial charge in [0.1, 0.15) is 5.75 Å². The molecule has 1 aromatic rings. The Morgan fingerprint density at radius 2 is 2.04 bits per heavy atom. The average molecular weight is 330 g/mol. The number of aromatic hydroxyl groups is 1. The molecule has 4 rings (SSSR count). The number of methoxy groups -OCH3 is 1. The molecular weight excluding hydrogens is 300 g/mol. The molecule has 0 spiro atoms. The molecular formula is C21H30O3. The molecule has 0 amide bonds. The SMILES string of the molecule is COCCC1CC2C(CCC3(C)C(O)CCC23)c2ccc(O)cc21. The second kappa shape index (κ2) is 6.03. The standard InChI is InChI=1S/C21H30O3/c1-21-9-7-16-15-4-3-14(22)12-17(15)13(8-10-24-2)11-18(16)19(21)5-6-20(21)23/h3-4,12-13,16,18-20,22-23H,5-11H2,1-2H3. The van der Waals surface area contributed by atoms with Crippen molar-refractivity contribution in [3.8, 4) is 5.75 Å². The predicted octanol–water partition coefficient (Wildman–Crippen LogP) is 4.19. The van der Waals surface area contributed by atoms with Crippen molar-refractivity contribution in [1.29, 1.82) is 0 Å². The molecule has 0 radical (unpaired) electrons. The van der Waals surface area contributed by atoms with Crippen LogP contribution in [0.5, 0.6) is 5.75 Å². The summed E-state index contributed by atoms with van der Waals surface area (Å²) >= 11 is 0. The summed E-state index contributed by atoms with van der Waals surface area (Å²) in [7, 11) is 1.76. The topological polar surface area (TPSA) is 49.7 Å². The van der Waals surface area contributed by atoms with Gasteiger partial charge in [-0.2, -0.15) is 0 Å². The van der Waals surface area contributed by atoms with Crippen molar-refractivity contribution in [3.63, 3.8) is 0 Å². The van der Waals surface area contributed by atoms with Crippen LogP contribution in [0, 0.1) is 17.3 Å². The van der Waals surface area contributed by atoms with E-state index >= 15 is 0 Å². The maximum atomic E-state index is 10.6. The van der Waals surface area contributed by atoms with E-state index in [9.17, 15) is 10.2 Å². The first-order valence-corrected chi connectivity index (χ1v) is 9.54. The van der Waals surface area contributed by atoms with Crippen LogP contribution in [0.4, 0.5) is 0 Å². The van der Waals surface area contributed by atoms with Crippen LogP contribution in [0.15, 0.2) is 18.2 Å². The smallest absolute Gasteiger partial charge is 0.115 e. The fourth-order valence-corrected chi connectivity index (χ4v) is 6.22. The Bertz CT molecular complexity index is 613. The summed E-state index contributed by atoms with van der Waals surface area (Å²) in [6.45, 7) is 3.09. The largest absolute Gasteiger partial charge is 0.508 e. The molecule has 6 unspecified atom stereocenters. The molecule has 132 valence electrons. The van der Waals surface area contributed by atoms with E-state index in [0.717, 1.165) is 25.9 Å². The molecule has 0 bridgehead atoms. The highest BCUT2D eigenvalue weighted by Gasteiger charge is 2.55. The number of fused-ring (bicyclic) bond motifs is 5. The number of phenolic OH excluding ortho intramolecular Hbond substituents is 1. The highest BCUT2D eigenvalue weighted by atomic mass is 16.5. The molecule has 3 aliphatic carbocycles. The molecule has 24 heavy (non-hydrogen) atoms. The quantitative estimate of drug-likeness (QED) is 0.874. The Hall–Kier alpha value is -1.06. The fraction of sp³-hybridized carbons (Fsp3) is 0.714. The number of hydrogen-bond acceptors (Lipinski definition) is 3. The first-order chi connectivity index (χ1) is 11.5. The number of hydrogen-bond donors (Lipinski definition) is 2. The highest BCUT2D eigenvalue weighted by molar-refractivity contribution is 5.42. The Balaban J connectivity index is 1.71. The molecule has 0 saturated heterocycles. The van der Waals surface area contributed by atoms with Gasteiger partial charge in [0.15, 0.2) is 0 Å². The van der Waals surface area contributed by atoms with Gasteiger partial charge >= 0.3 is 0 Å². The summed E-state index contributed by atoms with van der Waals surface area (Å²) in [5.41, 5.74) is 2.91. The summed E-state index contributed by atoms with van der Waals surface area (Å²) in [6.07, 6.45) is 6.51. The minimum atomic E-state index is -0.123. The van der Waals surface area contributed by atoms with E-state index in [0.29, 0.717) is 29.4 Å². The average Bonchev–Trinajstić information content (AvgIpc) is 2.88. The van der Waals surface area contributed by atoms with Crippen molar-refractivity contribution in [1.82, 2.24) is 0 Å². The van der Waals surface area contributed by atoms with Gasteiger partial charge in [-0.15, -0.1) is 0 Å². The van der Waals surface area contributed by atoms with Gasteiger partial charge < -0.3 is 14.9 Å². The zero-order valence-corrected chi connectivity index (χ0v) is 14.9. The molecule has 0 aliphatic heterocycles. The third-order valence-electron chi connectivity index (χ3n) is 7.52. The first-order valence-electron chi connectivity index (χ1n) is 9.54. The zero-order chi connectivity index (χ0) is 16.9. The summed E-state index contributed by atoms with van der Waals surface area (Å²) in [5.74, 6) is 2.75. The Morgan fingerprint density at radius 3 is 2.83 bits per heavy atom. The number of aliphatic hydroxyl groups excluding tert-OH is 1. The number of benzene rings is 1. The van der Waals surface area contributed by atoms with Crippen LogP contribution in [-0.4, -0.2) is 30.0 Å². The van der Waals surface area contributed by atoms with Crippen molar-refractivity contribution in [2.24, 2.45) is 17.3 Å². The fourth-order valence-electron chi connectivity index (χ4n) is 6.22. The van der Waals surface area contributed by atoms with Gasteiger partial charge in [0, 0.05) is 13.7 Å². The van der Waals surface area contributed by atoms with Crippen molar-refractivity contribution < 1.29 is 14.9 Å². The molecule has 3 nitrogen and oxygen atoms in total. The van der Waals surface area contributed by atoms with Crippen LogP contribution < -0.4 is 0 Å². The van der Waals surface area contributed by atoms with E-state index in [4.69, 9.17) is 4.74 Å². The van der Waals surface area contributed by atoms with E-state index in [1.807, 2.05) is 12.1 Å². The summed E-state index contributed by atoms with van der Waals surface area (Å²) in [4.78, 5) is 0. The second-order valence-electron chi connectivity index (χ2n) is 8.54. The molecule has 2 fully saturated rings. The van der Waals surface area contributed by atoms with Gasteiger partial charge in [0.2, 0.25) is 0 Å². The maximum Gasteiger partial charge on any atom is 0.115 e. The van der Waals surface area contributed by atoms with Crippen molar-refractivity contribution >= 4 is 0 Å². The van der Waals surface area contributed by atoms with Gasteiger partial charge in [-0.25, -0.2) is 0 Å². The number of ether oxygens (including phenoxy) is 1.